The Morgan fingerprint density at radius 1 is 0.913 bits per heavy atom. The molecule has 2 heteroatoms. The first-order valence-electron chi connectivity index (χ1n) is 8.56. The molecule has 0 bridgehead atoms. The topological polar surface area (TPSA) is 21.3 Å². The number of benzene rings is 2. The quantitative estimate of drug-likeness (QED) is 0.379. The Morgan fingerprint density at radius 2 is 1.61 bits per heavy atom. The summed E-state index contributed by atoms with van der Waals surface area (Å²) >= 11 is 0. The predicted molar refractivity (Wildman–Crippen MR) is 99.1 cm³/mol. The molecule has 0 saturated heterocycles. The van der Waals surface area contributed by atoms with Crippen molar-refractivity contribution in [2.75, 3.05) is 19.7 Å². The average molecular weight is 309 g/mol. The maximum atomic E-state index is 6.07. The second-order valence-corrected chi connectivity index (χ2v) is 5.59. The highest BCUT2D eigenvalue weighted by molar-refractivity contribution is 5.77. The van der Waals surface area contributed by atoms with Gasteiger partial charge in [0.1, 0.15) is 5.76 Å². The largest absolute Gasteiger partial charge is 0.493 e. The molecule has 1 N–H and O–H groups in total. The Balaban J connectivity index is 1.92. The number of nitrogens with one attached hydrogen (secondary N) is 1. The van der Waals surface area contributed by atoms with Crippen LogP contribution in [0.3, 0.4) is 0 Å². The first-order valence-corrected chi connectivity index (χ1v) is 8.56. The molecule has 0 spiro atoms. The standard InChI is InChI=1S/C21H27NO/c1-2-15-22-16-9-10-17-23-21(20-13-7-4-8-14-20)18-19-11-5-3-6-12-19/h3-8,11-14,18,22H,2,9-10,15-17H2,1H3. The van der Waals surface area contributed by atoms with Gasteiger partial charge in [-0.25, -0.2) is 0 Å². The van der Waals surface area contributed by atoms with E-state index in [9.17, 15) is 0 Å². The molecule has 0 aliphatic heterocycles. The van der Waals surface area contributed by atoms with Gasteiger partial charge in [0, 0.05) is 5.56 Å². The van der Waals surface area contributed by atoms with Gasteiger partial charge in [-0.05, 0) is 44.0 Å². The van der Waals surface area contributed by atoms with Crippen molar-refractivity contribution in [2.45, 2.75) is 26.2 Å². The Kier molecular flexibility index (Phi) is 7.99. The third-order valence-electron chi connectivity index (χ3n) is 3.59. The summed E-state index contributed by atoms with van der Waals surface area (Å²) < 4.78 is 6.07. The van der Waals surface area contributed by atoms with E-state index in [0.29, 0.717) is 0 Å². The van der Waals surface area contributed by atoms with Crippen LogP contribution in [0.5, 0.6) is 0 Å². The fraction of sp³-hybridized carbons (Fsp3) is 0.333. The monoisotopic (exact) mass is 309 g/mol. The second-order valence-electron chi connectivity index (χ2n) is 5.59. The van der Waals surface area contributed by atoms with Crippen LogP contribution in [0, 0.1) is 0 Å². The minimum Gasteiger partial charge on any atom is -0.493 e. The number of rotatable bonds is 10. The Labute approximate surface area is 140 Å². The number of unbranched alkanes of at least 4 members (excludes halogenated alkanes) is 1. The molecular formula is C21H27NO. The summed E-state index contributed by atoms with van der Waals surface area (Å²) in [6, 6.07) is 20.6. The highest BCUT2D eigenvalue weighted by Crippen LogP contribution is 2.19. The summed E-state index contributed by atoms with van der Waals surface area (Å²) in [5, 5.41) is 3.42. The third-order valence-corrected chi connectivity index (χ3v) is 3.59. The molecule has 0 aliphatic rings. The van der Waals surface area contributed by atoms with E-state index in [4.69, 9.17) is 4.74 Å². The molecule has 0 aliphatic carbocycles. The molecule has 2 aromatic rings. The van der Waals surface area contributed by atoms with E-state index >= 15 is 0 Å². The molecule has 0 unspecified atom stereocenters. The van der Waals surface area contributed by atoms with E-state index in [1.54, 1.807) is 0 Å². The molecule has 0 saturated carbocycles. The van der Waals surface area contributed by atoms with Gasteiger partial charge in [-0.2, -0.15) is 0 Å². The van der Waals surface area contributed by atoms with E-state index in [0.717, 1.165) is 49.4 Å². The summed E-state index contributed by atoms with van der Waals surface area (Å²) in [6.07, 6.45) is 5.52. The van der Waals surface area contributed by atoms with Crippen LogP contribution in [0.15, 0.2) is 60.7 Å². The molecule has 0 amide bonds. The van der Waals surface area contributed by atoms with Crippen molar-refractivity contribution >= 4 is 11.8 Å². The van der Waals surface area contributed by atoms with E-state index in [1.165, 1.54) is 6.42 Å². The van der Waals surface area contributed by atoms with Crippen LogP contribution in [0.25, 0.3) is 11.8 Å². The van der Waals surface area contributed by atoms with Crippen LogP contribution in [0.4, 0.5) is 0 Å². The van der Waals surface area contributed by atoms with Gasteiger partial charge in [0.2, 0.25) is 0 Å². The summed E-state index contributed by atoms with van der Waals surface area (Å²) in [6.45, 7) is 5.11. The molecular weight excluding hydrogens is 282 g/mol. The third kappa shape index (κ3) is 6.70. The van der Waals surface area contributed by atoms with Crippen LogP contribution in [0.1, 0.15) is 37.3 Å². The zero-order valence-electron chi connectivity index (χ0n) is 14.0. The van der Waals surface area contributed by atoms with Gasteiger partial charge in [0.25, 0.3) is 0 Å². The Bertz CT molecular complexity index is 563. The zero-order chi connectivity index (χ0) is 16.2. The van der Waals surface area contributed by atoms with Gasteiger partial charge in [0.05, 0.1) is 6.61 Å². The first-order chi connectivity index (χ1) is 11.4. The lowest BCUT2D eigenvalue weighted by Gasteiger charge is -2.11. The maximum Gasteiger partial charge on any atom is 0.127 e. The van der Waals surface area contributed by atoms with Gasteiger partial charge in [-0.1, -0.05) is 67.6 Å². The predicted octanol–water partition coefficient (Wildman–Crippen LogP) is 4.98. The first kappa shape index (κ1) is 17.3. The van der Waals surface area contributed by atoms with Crippen LogP contribution in [0.2, 0.25) is 0 Å². The lowest BCUT2D eigenvalue weighted by molar-refractivity contribution is 0.269. The normalized spacial score (nSPS) is 11.4. The summed E-state index contributed by atoms with van der Waals surface area (Å²) in [4.78, 5) is 0. The fourth-order valence-corrected chi connectivity index (χ4v) is 2.35. The van der Waals surface area contributed by atoms with Gasteiger partial charge in [-0.15, -0.1) is 0 Å². The summed E-state index contributed by atoms with van der Waals surface area (Å²) in [5.74, 6) is 0.943. The van der Waals surface area contributed by atoms with Gasteiger partial charge >= 0.3 is 0 Å². The van der Waals surface area contributed by atoms with Crippen molar-refractivity contribution in [3.05, 3.63) is 71.8 Å². The Hall–Kier alpha value is -2.06. The van der Waals surface area contributed by atoms with E-state index in [2.05, 4.69) is 42.6 Å². The number of hydrogen-bond acceptors (Lipinski definition) is 2. The minimum atomic E-state index is 0.751. The summed E-state index contributed by atoms with van der Waals surface area (Å²) in [5.41, 5.74) is 2.29. The highest BCUT2D eigenvalue weighted by Gasteiger charge is 2.03. The molecule has 2 aromatic carbocycles. The van der Waals surface area contributed by atoms with Crippen molar-refractivity contribution in [2.24, 2.45) is 0 Å². The van der Waals surface area contributed by atoms with Crippen LogP contribution < -0.4 is 5.32 Å². The van der Waals surface area contributed by atoms with Crippen LogP contribution >= 0.6 is 0 Å². The highest BCUT2D eigenvalue weighted by atomic mass is 16.5. The SMILES string of the molecule is CCCNCCCCOC(=Cc1ccccc1)c1ccccc1. The molecule has 0 radical (unpaired) electrons. The van der Waals surface area contributed by atoms with Crippen molar-refractivity contribution < 1.29 is 4.74 Å². The molecule has 23 heavy (non-hydrogen) atoms. The second kappa shape index (κ2) is 10.6. The van der Waals surface area contributed by atoms with E-state index in [-0.39, 0.29) is 0 Å². The minimum absolute atomic E-state index is 0.751. The molecule has 2 rings (SSSR count). The maximum absolute atomic E-state index is 6.07. The van der Waals surface area contributed by atoms with Crippen molar-refractivity contribution in [1.29, 1.82) is 0 Å². The smallest absolute Gasteiger partial charge is 0.127 e. The number of ether oxygens (including phenoxy) is 1. The number of hydrogen-bond donors (Lipinski definition) is 1. The lowest BCUT2D eigenvalue weighted by atomic mass is 10.1. The van der Waals surface area contributed by atoms with Gasteiger partial charge in [-0.3, -0.25) is 0 Å². The molecule has 0 aromatic heterocycles. The van der Waals surface area contributed by atoms with Gasteiger partial charge < -0.3 is 10.1 Å². The van der Waals surface area contributed by atoms with E-state index < -0.39 is 0 Å². The van der Waals surface area contributed by atoms with Crippen molar-refractivity contribution in [1.82, 2.24) is 5.32 Å². The molecule has 0 atom stereocenters. The van der Waals surface area contributed by atoms with Crippen LogP contribution in [-0.2, 0) is 4.74 Å². The average Bonchev–Trinajstić information content (AvgIpc) is 2.61. The van der Waals surface area contributed by atoms with Crippen molar-refractivity contribution in [3.63, 3.8) is 0 Å². The summed E-state index contributed by atoms with van der Waals surface area (Å²) in [7, 11) is 0. The molecule has 0 heterocycles. The zero-order valence-corrected chi connectivity index (χ0v) is 14.0. The van der Waals surface area contributed by atoms with Crippen LogP contribution in [-0.4, -0.2) is 19.7 Å². The van der Waals surface area contributed by atoms with Crippen molar-refractivity contribution in [3.8, 4) is 0 Å². The fourth-order valence-electron chi connectivity index (χ4n) is 2.35. The Morgan fingerprint density at radius 3 is 2.30 bits per heavy atom. The van der Waals surface area contributed by atoms with E-state index in [1.807, 2.05) is 36.4 Å². The molecule has 122 valence electrons. The van der Waals surface area contributed by atoms with Gasteiger partial charge in [0.15, 0.2) is 0 Å². The molecule has 0 fully saturated rings. The lowest BCUT2D eigenvalue weighted by Crippen LogP contribution is -2.16. The molecule has 2 nitrogen and oxygen atoms in total.